The van der Waals surface area contributed by atoms with Gasteiger partial charge in [0.15, 0.2) is 0 Å². The molecular weight excluding hydrogens is 713 g/mol. The zero-order chi connectivity index (χ0) is 40.0. The smallest absolute Gasteiger partial charge is 0.405 e. The van der Waals surface area contributed by atoms with Gasteiger partial charge in [-0.1, -0.05) is 52.0 Å². The minimum Gasteiger partial charge on any atom is -0.465 e. The Morgan fingerprint density at radius 2 is 1.02 bits per heavy atom. The van der Waals surface area contributed by atoms with E-state index >= 15 is 0 Å². The van der Waals surface area contributed by atoms with Crippen LogP contribution in [0.4, 0.5) is 9.59 Å². The molecule has 2 fully saturated rings. The second kappa shape index (κ2) is 15.3. The lowest BCUT2D eigenvalue weighted by Gasteiger charge is -2.29. The summed E-state index contributed by atoms with van der Waals surface area (Å²) in [5, 5.41) is 23.5. The van der Waals surface area contributed by atoms with Crippen molar-refractivity contribution in [3.8, 4) is 22.3 Å². The van der Waals surface area contributed by atoms with Crippen LogP contribution in [-0.4, -0.2) is 89.1 Å². The maximum Gasteiger partial charge on any atom is 0.405 e. The van der Waals surface area contributed by atoms with Gasteiger partial charge in [0.05, 0.1) is 34.2 Å². The van der Waals surface area contributed by atoms with Gasteiger partial charge in [-0.15, -0.1) is 0 Å². The first kappa shape index (κ1) is 38.4. The van der Waals surface area contributed by atoms with Gasteiger partial charge >= 0.3 is 12.2 Å². The minimum atomic E-state index is -1.21. The third-order valence-electron chi connectivity index (χ3n) is 11.3. The van der Waals surface area contributed by atoms with E-state index in [1.165, 1.54) is 0 Å². The molecule has 4 atom stereocenters. The van der Waals surface area contributed by atoms with Crippen LogP contribution in [0.25, 0.3) is 44.3 Å². The summed E-state index contributed by atoms with van der Waals surface area (Å²) in [5.41, 5.74) is 9.57. The molecule has 294 valence electrons. The molecule has 0 radical (unpaired) electrons. The number of hydrogen-bond acceptors (Lipinski definition) is 6. The molecule has 0 unspecified atom stereocenters. The summed E-state index contributed by atoms with van der Waals surface area (Å²) in [5.74, 6) is 0.551. The zero-order valence-electron chi connectivity index (χ0n) is 32.6. The van der Waals surface area contributed by atoms with Gasteiger partial charge in [-0.2, -0.15) is 0 Å². The number of aromatic amines is 2. The average Bonchev–Trinajstić information content (AvgIpc) is 3.97. The van der Waals surface area contributed by atoms with Crippen molar-refractivity contribution in [1.29, 1.82) is 0 Å². The van der Waals surface area contributed by atoms with E-state index < -0.39 is 24.3 Å². The minimum absolute atomic E-state index is 0.196. The number of hydrogen-bond donors (Lipinski definition) is 6. The molecular formula is C42H50N8O6. The zero-order valence-corrected chi connectivity index (χ0v) is 32.6. The molecule has 0 saturated carbocycles. The highest BCUT2D eigenvalue weighted by Crippen LogP contribution is 2.37. The van der Waals surface area contributed by atoms with Crippen LogP contribution < -0.4 is 10.6 Å². The van der Waals surface area contributed by atoms with E-state index in [4.69, 9.17) is 9.97 Å². The van der Waals surface area contributed by atoms with Gasteiger partial charge in [-0.05, 0) is 109 Å². The summed E-state index contributed by atoms with van der Waals surface area (Å²) < 4.78 is 0. The number of aromatic nitrogens is 4. The Morgan fingerprint density at radius 3 is 1.36 bits per heavy atom. The number of nitrogens with one attached hydrogen (secondary N) is 4. The fourth-order valence-electron chi connectivity index (χ4n) is 8.40. The molecule has 14 heteroatoms. The molecule has 6 N–H and O–H groups in total. The molecule has 2 aromatic heterocycles. The van der Waals surface area contributed by atoms with Crippen LogP contribution >= 0.6 is 0 Å². The van der Waals surface area contributed by atoms with Crippen molar-refractivity contribution in [3.63, 3.8) is 0 Å². The van der Waals surface area contributed by atoms with E-state index in [2.05, 4.69) is 69.1 Å². The fraction of sp³-hybridized carbons (Fsp3) is 0.429. The van der Waals surface area contributed by atoms with Gasteiger partial charge < -0.3 is 40.6 Å². The second-order valence-corrected chi connectivity index (χ2v) is 15.9. The van der Waals surface area contributed by atoms with Crippen molar-refractivity contribution < 1.29 is 29.4 Å². The summed E-state index contributed by atoms with van der Waals surface area (Å²) in [6, 6.07) is 14.6. The summed E-state index contributed by atoms with van der Waals surface area (Å²) >= 11 is 0. The number of fused-ring (bicyclic) bond motifs is 2. The van der Waals surface area contributed by atoms with Crippen LogP contribution in [0.2, 0.25) is 0 Å². The Bertz CT molecular complexity index is 2150. The number of carbonyl (C=O) groups excluding carboxylic acids is 2. The molecule has 7 rings (SSSR count). The molecule has 0 bridgehead atoms. The normalized spacial score (nSPS) is 18.3. The van der Waals surface area contributed by atoms with Crippen LogP contribution in [0.1, 0.15) is 88.2 Å². The fourth-order valence-corrected chi connectivity index (χ4v) is 8.40. The summed E-state index contributed by atoms with van der Waals surface area (Å²) in [6.07, 6.45) is 0.671. The highest BCUT2D eigenvalue weighted by atomic mass is 16.4. The van der Waals surface area contributed by atoms with Crippen molar-refractivity contribution in [2.75, 3.05) is 13.1 Å². The lowest BCUT2D eigenvalue weighted by molar-refractivity contribution is -0.136. The van der Waals surface area contributed by atoms with Crippen molar-refractivity contribution in [3.05, 3.63) is 71.3 Å². The van der Waals surface area contributed by atoms with E-state index in [1.54, 1.807) is 9.80 Å². The molecule has 0 aliphatic carbocycles. The monoisotopic (exact) mass is 762 g/mol. The lowest BCUT2D eigenvalue weighted by atomic mass is 9.97. The number of benzene rings is 3. The average molecular weight is 763 g/mol. The number of nitrogens with zero attached hydrogens (tertiary/aromatic N) is 4. The van der Waals surface area contributed by atoms with Crippen LogP contribution in [0.15, 0.2) is 48.5 Å². The van der Waals surface area contributed by atoms with E-state index in [-0.39, 0.29) is 35.7 Å². The molecule has 2 saturated heterocycles. The van der Waals surface area contributed by atoms with Gasteiger partial charge in [0.25, 0.3) is 0 Å². The van der Waals surface area contributed by atoms with Crippen LogP contribution in [0.5, 0.6) is 0 Å². The Morgan fingerprint density at radius 1 is 0.643 bits per heavy atom. The van der Waals surface area contributed by atoms with Crippen LogP contribution in [-0.2, 0) is 9.59 Å². The highest BCUT2D eigenvalue weighted by Gasteiger charge is 2.39. The molecule has 56 heavy (non-hydrogen) atoms. The molecule has 2 aliphatic rings. The molecule has 4 amide bonds. The molecule has 5 aromatic rings. The Kier molecular flexibility index (Phi) is 10.5. The van der Waals surface area contributed by atoms with Gasteiger partial charge in [0.2, 0.25) is 11.8 Å². The molecule has 4 heterocycles. The van der Waals surface area contributed by atoms with E-state index in [0.29, 0.717) is 24.7 Å². The number of carbonyl (C=O) groups is 4. The third-order valence-corrected chi connectivity index (χ3v) is 11.3. The predicted octanol–water partition coefficient (Wildman–Crippen LogP) is 7.30. The number of amides is 4. The summed E-state index contributed by atoms with van der Waals surface area (Å²) in [7, 11) is 0. The predicted molar refractivity (Wildman–Crippen MR) is 213 cm³/mol. The number of H-pyrrole nitrogens is 2. The van der Waals surface area contributed by atoms with Gasteiger partial charge in [-0.3, -0.25) is 9.59 Å². The molecule has 14 nitrogen and oxygen atoms in total. The largest absolute Gasteiger partial charge is 0.465 e. The maximum atomic E-state index is 13.5. The van der Waals surface area contributed by atoms with Crippen molar-refractivity contribution >= 4 is 46.1 Å². The number of aryl methyl sites for hydroxylation is 2. The van der Waals surface area contributed by atoms with Gasteiger partial charge in [0.1, 0.15) is 23.7 Å². The van der Waals surface area contributed by atoms with Crippen molar-refractivity contribution in [2.45, 2.75) is 91.4 Å². The number of carboxylic acid groups (broad SMARTS) is 2. The highest BCUT2D eigenvalue weighted by molar-refractivity contribution is 5.89. The first-order valence-electron chi connectivity index (χ1n) is 19.4. The quantitative estimate of drug-likeness (QED) is 0.0852. The Balaban J connectivity index is 1.11. The number of likely N-dealkylation sites (tertiary alicyclic amines) is 2. The first-order valence-corrected chi connectivity index (χ1v) is 19.4. The molecule has 3 aromatic carbocycles. The van der Waals surface area contributed by atoms with Gasteiger partial charge in [-0.25, -0.2) is 19.6 Å². The first-order chi connectivity index (χ1) is 26.7. The van der Waals surface area contributed by atoms with Crippen LogP contribution in [0.3, 0.4) is 0 Å². The SMILES string of the molecule is Cc1cc(-c2ccc(-c3cc(C)c4nc([C@@H]5CCCN5C(=O)[C@@H](NC(=O)O)C(C)C)[nH]c4c3)cc2)cc2[nH]c([C@@H]3CCCN3C(=O)[C@@H](NC(=O)O)C(C)C)nc12. The Hall–Kier alpha value is -5.92. The second-order valence-electron chi connectivity index (χ2n) is 15.9. The van der Waals surface area contributed by atoms with Gasteiger partial charge in [0, 0.05) is 13.1 Å². The molecule has 0 spiro atoms. The van der Waals surface area contributed by atoms with Crippen LogP contribution in [0, 0.1) is 25.7 Å². The standard InChI is InChI=1S/C42H50N8O6/c1-21(2)33(47-41(53)54)39(51)49-15-7-9-31(49)37-43-29-19-27(17-23(5)35(29)45-37)25-11-13-26(14-12-25)28-18-24(6)36-30(20-28)44-38(46-36)32-10-8-16-50(32)40(52)34(22(3)4)48-42(55)56/h11-14,17-22,31-34,47-48H,7-10,15-16H2,1-6H3,(H,43,45)(H,44,46)(H,53,54)(H,55,56)/t31-,32-,33-,34-/m0/s1. The maximum absolute atomic E-state index is 13.5. The van der Waals surface area contributed by atoms with Crippen molar-refractivity contribution in [2.24, 2.45) is 11.8 Å². The van der Waals surface area contributed by atoms with Crippen molar-refractivity contribution in [1.82, 2.24) is 40.4 Å². The third kappa shape index (κ3) is 7.39. The summed E-state index contributed by atoms with van der Waals surface area (Å²) in [6.45, 7) is 12.5. The lowest BCUT2D eigenvalue weighted by Crippen LogP contribution is -2.50. The Labute approximate surface area is 325 Å². The molecule has 2 aliphatic heterocycles. The number of rotatable bonds is 10. The van der Waals surface area contributed by atoms with E-state index in [0.717, 1.165) is 81.1 Å². The number of imidazole rings is 2. The topological polar surface area (TPSA) is 197 Å². The summed E-state index contributed by atoms with van der Waals surface area (Å²) in [4.78, 5) is 70.3. The van der Waals surface area contributed by atoms with E-state index in [1.807, 2.05) is 41.5 Å². The van der Waals surface area contributed by atoms with E-state index in [9.17, 15) is 29.4 Å².